The lowest BCUT2D eigenvalue weighted by Gasteiger charge is -2.36. The van der Waals surface area contributed by atoms with E-state index in [1.807, 2.05) is 20.8 Å². The number of aliphatic hydroxyl groups is 1. The number of hydrogen-bond acceptors (Lipinski definition) is 5. The van der Waals surface area contributed by atoms with Crippen molar-refractivity contribution in [2.75, 3.05) is 20.2 Å². The third-order valence-corrected chi connectivity index (χ3v) is 8.35. The Morgan fingerprint density at radius 2 is 1.90 bits per heavy atom. The molecule has 2 bridgehead atoms. The maximum atomic E-state index is 13.5. The third-order valence-electron chi connectivity index (χ3n) is 6.40. The first kappa shape index (κ1) is 22.4. The molecule has 2 unspecified atom stereocenters. The Morgan fingerprint density at radius 3 is 2.52 bits per heavy atom. The van der Waals surface area contributed by atoms with Crippen molar-refractivity contribution in [1.29, 1.82) is 0 Å². The monoisotopic (exact) mass is 425 g/mol. The van der Waals surface area contributed by atoms with E-state index < -0.39 is 16.7 Å². The number of nitrogens with zero attached hydrogens (tertiary/aromatic N) is 1. The number of carbonyl (C=O) groups excluding carboxylic acids is 3. The van der Waals surface area contributed by atoms with E-state index in [0.717, 1.165) is 38.5 Å². The molecule has 5 atom stereocenters. The fraction of sp³-hybridized carbons (Fsp3) is 0.857. The van der Waals surface area contributed by atoms with Gasteiger partial charge in [-0.05, 0) is 46.5 Å². The van der Waals surface area contributed by atoms with Crippen LogP contribution in [0.2, 0.25) is 0 Å². The molecule has 0 aromatic heterocycles. The van der Waals surface area contributed by atoms with E-state index in [4.69, 9.17) is 5.11 Å². The molecule has 0 aliphatic carbocycles. The van der Waals surface area contributed by atoms with Gasteiger partial charge in [0, 0.05) is 31.0 Å². The van der Waals surface area contributed by atoms with Crippen LogP contribution in [-0.2, 0) is 14.4 Å². The Hall–Kier alpha value is -1.28. The molecule has 3 rings (SSSR count). The minimum Gasteiger partial charge on any atom is -0.396 e. The van der Waals surface area contributed by atoms with Crippen molar-refractivity contribution >= 4 is 29.5 Å². The van der Waals surface area contributed by atoms with Crippen molar-refractivity contribution in [3.8, 4) is 0 Å². The molecule has 3 aliphatic rings. The lowest BCUT2D eigenvalue weighted by molar-refractivity contribution is -0.140. The van der Waals surface area contributed by atoms with Crippen molar-refractivity contribution in [3.05, 3.63) is 0 Å². The van der Waals surface area contributed by atoms with Crippen LogP contribution in [0.1, 0.15) is 59.3 Å². The van der Waals surface area contributed by atoms with E-state index in [2.05, 4.69) is 10.6 Å². The van der Waals surface area contributed by atoms with E-state index >= 15 is 0 Å². The number of unbranched alkanes of at least 4 members (excludes halogenated alkanes) is 3. The first-order valence-corrected chi connectivity index (χ1v) is 11.7. The molecular weight excluding hydrogens is 390 g/mol. The maximum Gasteiger partial charge on any atom is 0.244 e. The van der Waals surface area contributed by atoms with Gasteiger partial charge in [0.25, 0.3) is 0 Å². The first-order chi connectivity index (χ1) is 13.7. The summed E-state index contributed by atoms with van der Waals surface area (Å²) < 4.78 is -0.501. The molecule has 7 nitrogen and oxygen atoms in total. The molecule has 1 spiro atoms. The average Bonchev–Trinajstić information content (AvgIpc) is 3.27. The van der Waals surface area contributed by atoms with Crippen LogP contribution < -0.4 is 10.6 Å². The predicted molar refractivity (Wildman–Crippen MR) is 113 cm³/mol. The van der Waals surface area contributed by atoms with E-state index in [1.165, 1.54) is 0 Å². The fourth-order valence-corrected chi connectivity index (χ4v) is 7.57. The molecule has 0 aromatic carbocycles. The molecule has 0 saturated carbocycles. The van der Waals surface area contributed by atoms with E-state index in [1.54, 1.807) is 23.7 Å². The van der Waals surface area contributed by atoms with Crippen molar-refractivity contribution in [2.24, 2.45) is 11.8 Å². The molecule has 29 heavy (non-hydrogen) atoms. The SMILES string of the molecule is CNC(=O)[C@@H]1[C@@H]2CCC3(S2)C(C(=O)NC(C)(C)C)N(CCCCCCO)C(=O)[C@H]13. The lowest BCUT2D eigenvalue weighted by atomic mass is 9.70. The fourth-order valence-electron chi connectivity index (χ4n) is 5.35. The van der Waals surface area contributed by atoms with Crippen LogP contribution in [-0.4, -0.2) is 69.5 Å². The summed E-state index contributed by atoms with van der Waals surface area (Å²) in [4.78, 5) is 41.3. The van der Waals surface area contributed by atoms with Crippen molar-refractivity contribution in [1.82, 2.24) is 15.5 Å². The Balaban J connectivity index is 1.87. The van der Waals surface area contributed by atoms with Crippen molar-refractivity contribution in [3.63, 3.8) is 0 Å². The highest BCUT2D eigenvalue weighted by atomic mass is 32.2. The van der Waals surface area contributed by atoms with Crippen LogP contribution in [0.4, 0.5) is 0 Å². The van der Waals surface area contributed by atoms with Crippen LogP contribution >= 0.6 is 11.8 Å². The smallest absolute Gasteiger partial charge is 0.244 e. The molecule has 3 saturated heterocycles. The van der Waals surface area contributed by atoms with Gasteiger partial charge >= 0.3 is 0 Å². The lowest BCUT2D eigenvalue weighted by Crippen LogP contribution is -2.57. The second kappa shape index (κ2) is 8.46. The van der Waals surface area contributed by atoms with Crippen LogP contribution in [0.15, 0.2) is 0 Å². The summed E-state index contributed by atoms with van der Waals surface area (Å²) in [6.45, 7) is 6.54. The van der Waals surface area contributed by atoms with E-state index in [-0.39, 0.29) is 41.0 Å². The number of amides is 3. The van der Waals surface area contributed by atoms with Gasteiger partial charge < -0.3 is 20.6 Å². The Bertz CT molecular complexity index is 665. The third kappa shape index (κ3) is 4.02. The second-order valence-corrected chi connectivity index (χ2v) is 11.2. The highest BCUT2D eigenvalue weighted by Crippen LogP contribution is 2.66. The molecule has 3 heterocycles. The first-order valence-electron chi connectivity index (χ1n) is 10.8. The van der Waals surface area contributed by atoms with Gasteiger partial charge in [-0.1, -0.05) is 12.8 Å². The Morgan fingerprint density at radius 1 is 1.21 bits per heavy atom. The number of carbonyl (C=O) groups is 3. The molecule has 8 heteroatoms. The Labute approximate surface area is 177 Å². The number of hydrogen-bond donors (Lipinski definition) is 3. The van der Waals surface area contributed by atoms with Gasteiger partial charge in [-0.25, -0.2) is 0 Å². The summed E-state index contributed by atoms with van der Waals surface area (Å²) in [5.41, 5.74) is -0.386. The molecule has 3 aliphatic heterocycles. The minimum absolute atomic E-state index is 0.0375. The average molecular weight is 426 g/mol. The summed E-state index contributed by atoms with van der Waals surface area (Å²) in [5, 5.41) is 14.9. The van der Waals surface area contributed by atoms with Gasteiger partial charge in [0.15, 0.2) is 0 Å². The van der Waals surface area contributed by atoms with Crippen molar-refractivity contribution < 1.29 is 19.5 Å². The minimum atomic E-state index is -0.526. The molecule has 0 aromatic rings. The topological polar surface area (TPSA) is 98.7 Å². The van der Waals surface area contributed by atoms with Crippen molar-refractivity contribution in [2.45, 2.75) is 80.9 Å². The second-order valence-electron chi connectivity index (χ2n) is 9.58. The van der Waals surface area contributed by atoms with Crippen LogP contribution in [0, 0.1) is 11.8 Å². The molecule has 3 amide bonds. The number of nitrogens with one attached hydrogen (secondary N) is 2. The summed E-state index contributed by atoms with van der Waals surface area (Å²) in [6, 6.07) is -0.526. The van der Waals surface area contributed by atoms with E-state index in [0.29, 0.717) is 6.54 Å². The Kier molecular flexibility index (Phi) is 6.53. The summed E-state index contributed by atoms with van der Waals surface area (Å²) >= 11 is 1.70. The van der Waals surface area contributed by atoms with Gasteiger partial charge in [-0.3, -0.25) is 14.4 Å². The molecule has 164 valence electrons. The highest BCUT2D eigenvalue weighted by molar-refractivity contribution is 8.02. The van der Waals surface area contributed by atoms with Gasteiger partial charge in [0.2, 0.25) is 17.7 Å². The number of thioether (sulfide) groups is 1. The predicted octanol–water partition coefficient (Wildman–Crippen LogP) is 1.29. The van der Waals surface area contributed by atoms with E-state index in [9.17, 15) is 14.4 Å². The molecule has 3 N–H and O–H groups in total. The maximum absolute atomic E-state index is 13.5. The summed E-state index contributed by atoms with van der Waals surface area (Å²) in [7, 11) is 1.62. The number of likely N-dealkylation sites (tertiary alicyclic amines) is 1. The van der Waals surface area contributed by atoms with Gasteiger partial charge in [-0.2, -0.15) is 0 Å². The largest absolute Gasteiger partial charge is 0.396 e. The zero-order valence-corrected chi connectivity index (χ0v) is 18.8. The van der Waals surface area contributed by atoms with Crippen LogP contribution in [0.25, 0.3) is 0 Å². The molecule has 0 radical (unpaired) electrons. The van der Waals surface area contributed by atoms with Gasteiger partial charge in [0.1, 0.15) is 6.04 Å². The number of rotatable bonds is 8. The molecular formula is C21H35N3O4S. The normalized spacial score (nSPS) is 33.1. The van der Waals surface area contributed by atoms with Gasteiger partial charge in [-0.15, -0.1) is 11.8 Å². The van der Waals surface area contributed by atoms with Gasteiger partial charge in [0.05, 0.1) is 16.6 Å². The quantitative estimate of drug-likeness (QED) is 0.509. The highest BCUT2D eigenvalue weighted by Gasteiger charge is 2.73. The summed E-state index contributed by atoms with van der Waals surface area (Å²) in [6.07, 6.45) is 5.04. The molecule has 3 fully saturated rings. The number of fused-ring (bicyclic) bond motifs is 1. The number of aliphatic hydroxyl groups excluding tert-OH is 1. The zero-order valence-electron chi connectivity index (χ0n) is 18.0. The van der Waals surface area contributed by atoms with Crippen LogP contribution in [0.3, 0.4) is 0 Å². The zero-order chi connectivity index (χ0) is 21.4. The standard InChI is InChI=1S/C21H35N3O4S/c1-20(2,3)23-18(27)16-21-10-9-13(29-21)14(17(26)22-4)15(21)19(28)24(16)11-7-5-6-8-12-25/h13-16,25H,5-12H2,1-4H3,(H,22,26)(H,23,27)/t13-,14+,15-,16?,21?/m0/s1. The summed E-state index contributed by atoms with van der Waals surface area (Å²) in [5.74, 6) is -0.990. The van der Waals surface area contributed by atoms with Crippen LogP contribution in [0.5, 0.6) is 0 Å².